The van der Waals surface area contributed by atoms with Gasteiger partial charge in [-0.3, -0.25) is 0 Å². The van der Waals surface area contributed by atoms with Crippen LogP contribution in [0.15, 0.2) is 24.3 Å². The standard InChI is InChI=1S/C13H17NO3S/c1-4-14(5-2)18(15,16)11-10-12-8-6-7-9-13(12)17-3/h6-9H,4-5H2,1-3H3. The predicted molar refractivity (Wildman–Crippen MR) is 71.7 cm³/mol. The molecule has 5 heteroatoms. The van der Waals surface area contributed by atoms with Crippen molar-refractivity contribution in [2.24, 2.45) is 0 Å². The number of ether oxygens (including phenoxy) is 1. The summed E-state index contributed by atoms with van der Waals surface area (Å²) in [6.07, 6.45) is 0. The third-order valence-electron chi connectivity index (χ3n) is 2.47. The SMILES string of the molecule is CCN(CC)S(=O)(=O)C#Cc1ccccc1OC. The molecule has 1 aromatic rings. The first-order valence-corrected chi connectivity index (χ1v) is 7.15. The van der Waals surface area contributed by atoms with Gasteiger partial charge in [0, 0.05) is 18.3 Å². The largest absolute Gasteiger partial charge is 0.495 e. The van der Waals surface area contributed by atoms with Crippen LogP contribution in [0.1, 0.15) is 19.4 Å². The average Bonchev–Trinajstić information content (AvgIpc) is 2.38. The van der Waals surface area contributed by atoms with E-state index in [0.717, 1.165) is 0 Å². The maximum Gasteiger partial charge on any atom is 0.283 e. The van der Waals surface area contributed by atoms with E-state index in [1.807, 2.05) is 6.07 Å². The number of sulfonamides is 1. The van der Waals surface area contributed by atoms with E-state index in [2.05, 4.69) is 11.2 Å². The molecule has 0 saturated heterocycles. The molecule has 0 fully saturated rings. The van der Waals surface area contributed by atoms with Crippen molar-refractivity contribution in [3.8, 4) is 16.9 Å². The molecule has 0 heterocycles. The van der Waals surface area contributed by atoms with Crippen LogP contribution in [0, 0.1) is 11.2 Å². The third kappa shape index (κ3) is 3.49. The van der Waals surface area contributed by atoms with Crippen molar-refractivity contribution < 1.29 is 13.2 Å². The van der Waals surface area contributed by atoms with Gasteiger partial charge in [0.05, 0.1) is 12.7 Å². The van der Waals surface area contributed by atoms with Gasteiger partial charge in [0.1, 0.15) is 5.75 Å². The Kier molecular flexibility index (Phi) is 5.20. The Morgan fingerprint density at radius 2 is 1.83 bits per heavy atom. The molecule has 4 nitrogen and oxygen atoms in total. The maximum atomic E-state index is 11.9. The average molecular weight is 267 g/mol. The summed E-state index contributed by atoms with van der Waals surface area (Å²) in [7, 11) is -2.00. The highest BCUT2D eigenvalue weighted by molar-refractivity contribution is 7.93. The fourth-order valence-electron chi connectivity index (χ4n) is 1.50. The summed E-state index contributed by atoms with van der Waals surface area (Å²) < 4.78 is 30.2. The number of nitrogens with zero attached hydrogens (tertiary/aromatic N) is 1. The molecule has 0 unspecified atom stereocenters. The molecule has 18 heavy (non-hydrogen) atoms. The second kappa shape index (κ2) is 6.43. The lowest BCUT2D eigenvalue weighted by Crippen LogP contribution is -2.29. The molecular formula is C13H17NO3S. The van der Waals surface area contributed by atoms with Crippen molar-refractivity contribution in [1.29, 1.82) is 0 Å². The zero-order valence-electron chi connectivity index (χ0n) is 10.8. The van der Waals surface area contributed by atoms with E-state index in [9.17, 15) is 8.42 Å². The van der Waals surface area contributed by atoms with Gasteiger partial charge in [-0.05, 0) is 18.1 Å². The minimum Gasteiger partial charge on any atom is -0.495 e. The molecule has 0 spiro atoms. The lowest BCUT2D eigenvalue weighted by Gasteiger charge is -2.13. The van der Waals surface area contributed by atoms with Crippen LogP contribution in [-0.2, 0) is 10.0 Å². The first-order chi connectivity index (χ1) is 8.55. The Bertz CT molecular complexity index is 551. The van der Waals surface area contributed by atoms with Gasteiger partial charge >= 0.3 is 0 Å². The highest BCUT2D eigenvalue weighted by Crippen LogP contribution is 2.15. The van der Waals surface area contributed by atoms with E-state index in [4.69, 9.17) is 4.74 Å². The van der Waals surface area contributed by atoms with Crippen LogP contribution in [-0.4, -0.2) is 32.9 Å². The molecule has 0 N–H and O–H groups in total. The molecule has 1 rings (SSSR count). The van der Waals surface area contributed by atoms with Crippen molar-refractivity contribution >= 4 is 10.0 Å². The van der Waals surface area contributed by atoms with Gasteiger partial charge in [-0.2, -0.15) is 12.7 Å². The lowest BCUT2D eigenvalue weighted by molar-refractivity contribution is 0.413. The van der Waals surface area contributed by atoms with E-state index in [-0.39, 0.29) is 0 Å². The number of hydrogen-bond donors (Lipinski definition) is 0. The molecule has 0 atom stereocenters. The highest BCUT2D eigenvalue weighted by atomic mass is 32.2. The highest BCUT2D eigenvalue weighted by Gasteiger charge is 2.15. The fourth-order valence-corrected chi connectivity index (χ4v) is 2.54. The van der Waals surface area contributed by atoms with E-state index in [1.54, 1.807) is 32.0 Å². The second-order valence-corrected chi connectivity index (χ2v) is 5.19. The summed E-state index contributed by atoms with van der Waals surface area (Å²) in [5.74, 6) is 3.22. The normalized spacial score (nSPS) is 10.9. The number of methoxy groups -OCH3 is 1. The van der Waals surface area contributed by atoms with Crippen molar-refractivity contribution in [2.45, 2.75) is 13.8 Å². The van der Waals surface area contributed by atoms with Gasteiger partial charge in [-0.25, -0.2) is 0 Å². The zero-order valence-corrected chi connectivity index (χ0v) is 11.6. The molecule has 0 radical (unpaired) electrons. The van der Waals surface area contributed by atoms with Crippen LogP contribution in [0.4, 0.5) is 0 Å². The molecule has 0 saturated carbocycles. The lowest BCUT2D eigenvalue weighted by atomic mass is 10.2. The van der Waals surface area contributed by atoms with Gasteiger partial charge in [0.15, 0.2) is 0 Å². The number of hydrogen-bond acceptors (Lipinski definition) is 3. The van der Waals surface area contributed by atoms with Crippen LogP contribution in [0.25, 0.3) is 0 Å². The maximum absolute atomic E-state index is 11.9. The van der Waals surface area contributed by atoms with Crippen molar-refractivity contribution in [3.63, 3.8) is 0 Å². The number of benzene rings is 1. The molecule has 1 aromatic carbocycles. The van der Waals surface area contributed by atoms with Gasteiger partial charge in [0.25, 0.3) is 10.0 Å². The quantitative estimate of drug-likeness (QED) is 0.780. The Morgan fingerprint density at radius 1 is 1.22 bits per heavy atom. The third-order valence-corrected chi connectivity index (χ3v) is 4.02. The Labute approximate surface area is 109 Å². The zero-order chi connectivity index (χ0) is 13.6. The summed E-state index contributed by atoms with van der Waals surface area (Å²) in [6.45, 7) is 4.40. The summed E-state index contributed by atoms with van der Waals surface area (Å²) in [6, 6.07) is 7.07. The van der Waals surface area contributed by atoms with Gasteiger partial charge in [0.2, 0.25) is 0 Å². The van der Waals surface area contributed by atoms with Crippen molar-refractivity contribution in [3.05, 3.63) is 29.8 Å². The molecule has 0 aliphatic carbocycles. The van der Waals surface area contributed by atoms with E-state index in [1.165, 1.54) is 11.4 Å². The number of rotatable bonds is 4. The summed E-state index contributed by atoms with van der Waals surface area (Å²) >= 11 is 0. The number of para-hydroxylation sites is 1. The van der Waals surface area contributed by atoms with Crippen molar-refractivity contribution in [2.75, 3.05) is 20.2 Å². The van der Waals surface area contributed by atoms with Gasteiger partial charge < -0.3 is 4.74 Å². The smallest absolute Gasteiger partial charge is 0.283 e. The Balaban J connectivity index is 3.08. The topological polar surface area (TPSA) is 46.6 Å². The molecule has 0 aliphatic heterocycles. The van der Waals surface area contributed by atoms with E-state index < -0.39 is 10.0 Å². The first kappa shape index (κ1) is 14.6. The Morgan fingerprint density at radius 3 is 2.39 bits per heavy atom. The monoisotopic (exact) mass is 267 g/mol. The molecule has 98 valence electrons. The van der Waals surface area contributed by atoms with Crippen molar-refractivity contribution in [1.82, 2.24) is 4.31 Å². The molecule has 0 amide bonds. The Hall–Kier alpha value is -1.51. The summed E-state index contributed by atoms with van der Waals surface area (Å²) in [5, 5.41) is 2.32. The first-order valence-electron chi connectivity index (χ1n) is 5.71. The van der Waals surface area contributed by atoms with Crippen LogP contribution >= 0.6 is 0 Å². The minimum atomic E-state index is -3.53. The fraction of sp³-hybridized carbons (Fsp3) is 0.385. The van der Waals surface area contributed by atoms with Crippen LogP contribution in [0.5, 0.6) is 5.75 Å². The minimum absolute atomic E-state index is 0.416. The summed E-state index contributed by atoms with van der Waals surface area (Å²) in [5.41, 5.74) is 0.565. The van der Waals surface area contributed by atoms with E-state index in [0.29, 0.717) is 24.4 Å². The van der Waals surface area contributed by atoms with Crippen LogP contribution < -0.4 is 4.74 Å². The molecular weight excluding hydrogens is 250 g/mol. The van der Waals surface area contributed by atoms with Crippen LogP contribution in [0.3, 0.4) is 0 Å². The van der Waals surface area contributed by atoms with Crippen LogP contribution in [0.2, 0.25) is 0 Å². The van der Waals surface area contributed by atoms with Gasteiger partial charge in [-0.1, -0.05) is 26.0 Å². The van der Waals surface area contributed by atoms with Gasteiger partial charge in [-0.15, -0.1) is 0 Å². The second-order valence-electron chi connectivity index (χ2n) is 3.52. The molecule has 0 bridgehead atoms. The summed E-state index contributed by atoms with van der Waals surface area (Å²) in [4.78, 5) is 0. The molecule has 0 aromatic heterocycles. The molecule has 0 aliphatic rings. The van der Waals surface area contributed by atoms with E-state index >= 15 is 0 Å². The predicted octanol–water partition coefficient (Wildman–Crippen LogP) is 1.68.